The standard InChI is InChI=1S/C39H34N2O4S/c1-40-26-33(45-35-20-12-11-19-34(35)40)27-44-32-23-21-28(22-24-32)25-36-37(42)41(38(43)46-36)39(29-13-5-2-6-14-29,30-15-7-3-8-16-30)31-17-9-4-10-18-31/h2-24,33,36H,25-27H2,1H3. The van der Waals surface area contributed by atoms with Gasteiger partial charge in [0.05, 0.1) is 17.5 Å². The maximum Gasteiger partial charge on any atom is 0.290 e. The molecule has 7 rings (SSSR count). The topological polar surface area (TPSA) is 59.1 Å². The maximum absolute atomic E-state index is 14.4. The summed E-state index contributed by atoms with van der Waals surface area (Å²) in [6.07, 6.45) is 0.330. The van der Waals surface area contributed by atoms with Gasteiger partial charge in [0, 0.05) is 7.05 Å². The van der Waals surface area contributed by atoms with Crippen LogP contribution in [0.4, 0.5) is 10.5 Å². The Hall–Kier alpha value is -5.01. The summed E-state index contributed by atoms with van der Waals surface area (Å²) < 4.78 is 12.2. The number of thioether (sulfide) groups is 1. The van der Waals surface area contributed by atoms with Crippen LogP contribution >= 0.6 is 11.8 Å². The van der Waals surface area contributed by atoms with Gasteiger partial charge in [-0.1, -0.05) is 127 Å². The smallest absolute Gasteiger partial charge is 0.290 e. The van der Waals surface area contributed by atoms with Crippen molar-refractivity contribution in [1.29, 1.82) is 0 Å². The van der Waals surface area contributed by atoms with Crippen molar-refractivity contribution in [3.63, 3.8) is 0 Å². The van der Waals surface area contributed by atoms with Crippen LogP contribution in [0.2, 0.25) is 0 Å². The van der Waals surface area contributed by atoms with E-state index in [1.165, 1.54) is 4.90 Å². The highest BCUT2D eigenvalue weighted by Crippen LogP contribution is 2.48. The van der Waals surface area contributed by atoms with E-state index in [-0.39, 0.29) is 17.3 Å². The Labute approximate surface area is 273 Å². The van der Waals surface area contributed by atoms with Crippen molar-refractivity contribution in [3.8, 4) is 11.5 Å². The molecule has 2 aliphatic rings. The average Bonchev–Trinajstić information content (AvgIpc) is 3.38. The van der Waals surface area contributed by atoms with Crippen molar-refractivity contribution in [2.75, 3.05) is 25.1 Å². The number of carbonyl (C=O) groups is 2. The van der Waals surface area contributed by atoms with Gasteiger partial charge in [-0.05, 0) is 52.9 Å². The van der Waals surface area contributed by atoms with Crippen LogP contribution in [-0.2, 0) is 16.8 Å². The Morgan fingerprint density at radius 2 is 1.28 bits per heavy atom. The zero-order valence-electron chi connectivity index (χ0n) is 25.5. The largest absolute Gasteiger partial charge is 0.490 e. The number of fused-ring (bicyclic) bond motifs is 1. The fourth-order valence-corrected chi connectivity index (χ4v) is 7.58. The molecule has 7 heteroatoms. The maximum atomic E-state index is 14.4. The molecule has 0 spiro atoms. The number of benzene rings is 5. The quantitative estimate of drug-likeness (QED) is 0.157. The fourth-order valence-electron chi connectivity index (χ4n) is 6.52. The molecule has 0 radical (unpaired) electrons. The van der Waals surface area contributed by atoms with Crippen LogP contribution in [0, 0.1) is 0 Å². The average molecular weight is 627 g/mol. The lowest BCUT2D eigenvalue weighted by Crippen LogP contribution is -2.51. The number of rotatable bonds is 9. The van der Waals surface area contributed by atoms with E-state index in [0.29, 0.717) is 13.0 Å². The lowest BCUT2D eigenvalue weighted by molar-refractivity contribution is -0.129. The molecule has 2 amide bonds. The van der Waals surface area contributed by atoms with Gasteiger partial charge in [0.25, 0.3) is 5.24 Å². The molecule has 230 valence electrons. The predicted molar refractivity (Wildman–Crippen MR) is 183 cm³/mol. The first-order chi connectivity index (χ1) is 22.5. The molecule has 6 nitrogen and oxygen atoms in total. The molecule has 0 aromatic heterocycles. The molecule has 2 unspecified atom stereocenters. The summed E-state index contributed by atoms with van der Waals surface area (Å²) >= 11 is 1.10. The third kappa shape index (κ3) is 5.52. The van der Waals surface area contributed by atoms with Gasteiger partial charge in [-0.2, -0.15) is 0 Å². The summed E-state index contributed by atoms with van der Waals surface area (Å²) in [4.78, 5) is 32.0. The number of ether oxygens (including phenoxy) is 2. The first kappa shape index (κ1) is 29.7. The van der Waals surface area contributed by atoms with Crippen molar-refractivity contribution in [1.82, 2.24) is 4.90 Å². The molecule has 0 saturated carbocycles. The van der Waals surface area contributed by atoms with Crippen molar-refractivity contribution in [2.24, 2.45) is 0 Å². The Balaban J connectivity index is 1.11. The van der Waals surface area contributed by atoms with E-state index in [0.717, 1.165) is 57.7 Å². The van der Waals surface area contributed by atoms with Gasteiger partial charge >= 0.3 is 0 Å². The minimum Gasteiger partial charge on any atom is -0.490 e. The Kier molecular flexibility index (Phi) is 8.24. The molecule has 1 fully saturated rings. The summed E-state index contributed by atoms with van der Waals surface area (Å²) in [7, 11) is 2.06. The zero-order valence-corrected chi connectivity index (χ0v) is 26.3. The molecule has 46 heavy (non-hydrogen) atoms. The van der Waals surface area contributed by atoms with Crippen LogP contribution in [-0.4, -0.2) is 47.6 Å². The van der Waals surface area contributed by atoms with Gasteiger partial charge < -0.3 is 14.4 Å². The minimum atomic E-state index is -1.12. The highest BCUT2D eigenvalue weighted by Gasteiger charge is 2.53. The van der Waals surface area contributed by atoms with Crippen molar-refractivity contribution >= 4 is 28.6 Å². The first-order valence-electron chi connectivity index (χ1n) is 15.4. The lowest BCUT2D eigenvalue weighted by Gasteiger charge is -2.42. The number of nitrogens with zero attached hydrogens (tertiary/aromatic N) is 2. The molecule has 2 heterocycles. The number of anilines is 1. The third-order valence-electron chi connectivity index (χ3n) is 8.66. The van der Waals surface area contributed by atoms with Gasteiger partial charge in [-0.15, -0.1) is 0 Å². The van der Waals surface area contributed by atoms with E-state index in [9.17, 15) is 9.59 Å². The van der Waals surface area contributed by atoms with E-state index in [4.69, 9.17) is 9.47 Å². The SMILES string of the molecule is CN1CC(COc2ccc(CC3SC(=O)N(C(c4ccccc4)(c4ccccc4)c4ccccc4)C3=O)cc2)Oc2ccccc21. The van der Waals surface area contributed by atoms with E-state index in [2.05, 4.69) is 18.0 Å². The molecular formula is C39H34N2O4S. The van der Waals surface area contributed by atoms with Crippen LogP contribution in [0.1, 0.15) is 22.3 Å². The monoisotopic (exact) mass is 626 g/mol. The Bertz CT molecular complexity index is 1720. The summed E-state index contributed by atoms with van der Waals surface area (Å²) in [5.41, 5.74) is 3.48. The van der Waals surface area contributed by atoms with Crippen LogP contribution in [0.5, 0.6) is 11.5 Å². The Morgan fingerprint density at radius 3 is 1.87 bits per heavy atom. The zero-order chi connectivity index (χ0) is 31.5. The van der Waals surface area contributed by atoms with Crippen LogP contribution in [0.3, 0.4) is 0 Å². The van der Waals surface area contributed by atoms with E-state index in [1.807, 2.05) is 133 Å². The van der Waals surface area contributed by atoms with Crippen molar-refractivity contribution in [3.05, 3.63) is 162 Å². The second kappa shape index (κ2) is 12.8. The summed E-state index contributed by atoms with van der Waals surface area (Å²) in [6, 6.07) is 45.3. The number of likely N-dealkylation sites (N-methyl/N-ethyl adjacent to an activating group) is 1. The molecule has 2 atom stereocenters. The van der Waals surface area contributed by atoms with Gasteiger partial charge in [0.1, 0.15) is 29.7 Å². The van der Waals surface area contributed by atoms with E-state index < -0.39 is 10.8 Å². The number of imide groups is 1. The number of hydrogen-bond acceptors (Lipinski definition) is 6. The third-order valence-corrected chi connectivity index (χ3v) is 9.70. The summed E-state index contributed by atoms with van der Waals surface area (Å²) in [5, 5.41) is -0.813. The summed E-state index contributed by atoms with van der Waals surface area (Å²) in [6.45, 7) is 1.15. The number of hydrogen-bond donors (Lipinski definition) is 0. The summed E-state index contributed by atoms with van der Waals surface area (Å²) in [5.74, 6) is 1.39. The van der Waals surface area contributed by atoms with Crippen LogP contribution in [0.25, 0.3) is 0 Å². The Morgan fingerprint density at radius 1 is 0.739 bits per heavy atom. The molecular weight excluding hydrogens is 593 g/mol. The predicted octanol–water partition coefficient (Wildman–Crippen LogP) is 7.56. The van der Waals surface area contributed by atoms with Crippen LogP contribution in [0.15, 0.2) is 140 Å². The first-order valence-corrected chi connectivity index (χ1v) is 16.3. The van der Waals surface area contributed by atoms with Crippen molar-refractivity contribution in [2.45, 2.75) is 23.3 Å². The number of carbonyl (C=O) groups excluding carboxylic acids is 2. The normalized spacial score (nSPS) is 17.8. The molecule has 0 N–H and O–H groups in total. The van der Waals surface area contributed by atoms with Gasteiger partial charge in [-0.25, -0.2) is 0 Å². The highest BCUT2D eigenvalue weighted by atomic mass is 32.2. The molecule has 1 saturated heterocycles. The molecule has 0 aliphatic carbocycles. The van der Waals surface area contributed by atoms with Gasteiger partial charge in [0.2, 0.25) is 5.91 Å². The second-order valence-corrected chi connectivity index (χ2v) is 12.8. The second-order valence-electron chi connectivity index (χ2n) is 11.6. The minimum absolute atomic E-state index is 0.0943. The van der Waals surface area contributed by atoms with E-state index >= 15 is 0 Å². The molecule has 2 aliphatic heterocycles. The van der Waals surface area contributed by atoms with Crippen LogP contribution < -0.4 is 14.4 Å². The number of para-hydroxylation sites is 2. The molecule has 5 aromatic rings. The van der Waals surface area contributed by atoms with E-state index in [1.54, 1.807) is 0 Å². The van der Waals surface area contributed by atoms with Crippen molar-refractivity contribution < 1.29 is 19.1 Å². The molecule has 5 aromatic carbocycles. The molecule has 0 bridgehead atoms. The highest BCUT2D eigenvalue weighted by molar-refractivity contribution is 8.15. The van der Waals surface area contributed by atoms with Gasteiger partial charge in [-0.3, -0.25) is 14.5 Å². The fraction of sp³-hybridized carbons (Fsp3) is 0.179. The lowest BCUT2D eigenvalue weighted by atomic mass is 9.75. The van der Waals surface area contributed by atoms with Gasteiger partial charge in [0.15, 0.2) is 0 Å². The number of amides is 2.